The quantitative estimate of drug-likeness (QED) is 0.514. The first-order valence-corrected chi connectivity index (χ1v) is 7.86. The number of amides is 1. The number of hydrogen-bond donors (Lipinski definition) is 0. The maximum absolute atomic E-state index is 13.9. The first kappa shape index (κ1) is 17.4. The van der Waals surface area contributed by atoms with Crippen molar-refractivity contribution in [2.24, 2.45) is 12.0 Å². The van der Waals surface area contributed by atoms with E-state index in [0.29, 0.717) is 4.70 Å². The van der Waals surface area contributed by atoms with Crippen LogP contribution in [0.25, 0.3) is 10.2 Å². The molecule has 0 aliphatic heterocycles. The fourth-order valence-electron chi connectivity index (χ4n) is 2.34. The molecule has 2 aromatic carbocycles. The average molecular weight is 376 g/mol. The molecule has 9 nitrogen and oxygen atoms in total. The summed E-state index contributed by atoms with van der Waals surface area (Å²) in [5, 5.41) is 21.8. The third kappa shape index (κ3) is 3.07. The van der Waals surface area contributed by atoms with Crippen LogP contribution >= 0.6 is 11.3 Å². The van der Waals surface area contributed by atoms with Gasteiger partial charge in [-0.25, -0.2) is 4.39 Å². The van der Waals surface area contributed by atoms with Crippen LogP contribution in [0.5, 0.6) is 0 Å². The second-order valence-electron chi connectivity index (χ2n) is 5.20. The topological polar surface area (TPSA) is 121 Å². The molecule has 0 radical (unpaired) electrons. The molecule has 0 saturated heterocycles. The molecule has 0 aliphatic carbocycles. The second kappa shape index (κ2) is 6.44. The number of aryl methyl sites for hydroxylation is 1. The molecule has 3 rings (SSSR count). The molecule has 0 fully saturated rings. The van der Waals surface area contributed by atoms with Gasteiger partial charge in [0.2, 0.25) is 0 Å². The fraction of sp³-hybridized carbons (Fsp3) is 0.0667. The van der Waals surface area contributed by atoms with Gasteiger partial charge < -0.3 is 4.57 Å². The molecule has 0 bridgehead atoms. The molecule has 132 valence electrons. The molecule has 1 amide bonds. The van der Waals surface area contributed by atoms with E-state index in [1.165, 1.54) is 23.7 Å². The lowest BCUT2D eigenvalue weighted by Gasteiger charge is -1.98. The Kier molecular flexibility index (Phi) is 4.30. The van der Waals surface area contributed by atoms with E-state index in [1.807, 2.05) is 0 Å². The van der Waals surface area contributed by atoms with E-state index in [2.05, 4.69) is 4.99 Å². The highest BCUT2D eigenvalue weighted by Gasteiger charge is 2.20. The number of rotatable bonds is 3. The number of thiazole rings is 1. The summed E-state index contributed by atoms with van der Waals surface area (Å²) in [7, 11) is 1.52. The molecule has 0 spiro atoms. The number of carbonyl (C=O) groups is 1. The fourth-order valence-corrected chi connectivity index (χ4v) is 3.38. The van der Waals surface area contributed by atoms with Gasteiger partial charge >= 0.3 is 0 Å². The lowest BCUT2D eigenvalue weighted by Crippen LogP contribution is -2.14. The van der Waals surface area contributed by atoms with Gasteiger partial charge in [0.1, 0.15) is 5.82 Å². The van der Waals surface area contributed by atoms with E-state index in [9.17, 15) is 29.4 Å². The van der Waals surface area contributed by atoms with Gasteiger partial charge in [0.15, 0.2) is 4.80 Å². The van der Waals surface area contributed by atoms with Gasteiger partial charge in [-0.3, -0.25) is 25.0 Å². The van der Waals surface area contributed by atoms with Crippen molar-refractivity contribution in [1.82, 2.24) is 4.57 Å². The number of benzene rings is 2. The third-order valence-corrected chi connectivity index (χ3v) is 4.64. The van der Waals surface area contributed by atoms with Crippen LogP contribution in [-0.2, 0) is 7.05 Å². The summed E-state index contributed by atoms with van der Waals surface area (Å²) in [5.41, 5.74) is -1.23. The van der Waals surface area contributed by atoms with Crippen LogP contribution in [-0.4, -0.2) is 20.3 Å². The first-order valence-electron chi connectivity index (χ1n) is 7.05. The molecular formula is C15H9FN4O5S. The van der Waals surface area contributed by atoms with Crippen molar-refractivity contribution in [2.45, 2.75) is 0 Å². The van der Waals surface area contributed by atoms with Crippen LogP contribution in [0.2, 0.25) is 0 Å². The summed E-state index contributed by atoms with van der Waals surface area (Å²) >= 11 is 1.05. The molecule has 0 N–H and O–H groups in total. The minimum absolute atomic E-state index is 0.157. The van der Waals surface area contributed by atoms with Crippen LogP contribution in [0, 0.1) is 26.0 Å². The van der Waals surface area contributed by atoms with E-state index < -0.39 is 32.9 Å². The van der Waals surface area contributed by atoms with E-state index in [4.69, 9.17) is 0 Å². The smallest absolute Gasteiger partial charge is 0.280 e. The normalized spacial score (nSPS) is 11.7. The van der Waals surface area contributed by atoms with Gasteiger partial charge in [0.25, 0.3) is 17.3 Å². The van der Waals surface area contributed by atoms with Gasteiger partial charge in [-0.2, -0.15) is 4.99 Å². The molecule has 26 heavy (non-hydrogen) atoms. The van der Waals surface area contributed by atoms with Crippen molar-refractivity contribution < 1.29 is 19.0 Å². The average Bonchev–Trinajstić information content (AvgIpc) is 2.91. The minimum Gasteiger partial charge on any atom is -0.317 e. The number of nitrogens with zero attached hydrogens (tertiary/aromatic N) is 4. The van der Waals surface area contributed by atoms with Gasteiger partial charge in [-0.1, -0.05) is 17.4 Å². The predicted molar refractivity (Wildman–Crippen MR) is 90.4 cm³/mol. The van der Waals surface area contributed by atoms with Crippen LogP contribution in [0.4, 0.5) is 15.8 Å². The third-order valence-electron chi connectivity index (χ3n) is 3.54. The Morgan fingerprint density at radius 2 is 1.77 bits per heavy atom. The number of halogens is 1. The Labute approximate surface area is 147 Å². The second-order valence-corrected chi connectivity index (χ2v) is 6.21. The number of nitro benzene ring substituents is 2. The molecule has 11 heteroatoms. The van der Waals surface area contributed by atoms with Crippen LogP contribution < -0.4 is 4.80 Å². The van der Waals surface area contributed by atoms with Gasteiger partial charge in [-0.15, -0.1) is 0 Å². The Balaban J connectivity index is 2.15. The zero-order valence-corrected chi connectivity index (χ0v) is 13.9. The molecule has 0 atom stereocenters. The van der Waals surface area contributed by atoms with E-state index in [-0.39, 0.29) is 15.9 Å². The molecule has 1 aromatic heterocycles. The van der Waals surface area contributed by atoms with Crippen molar-refractivity contribution in [3.63, 3.8) is 0 Å². The van der Waals surface area contributed by atoms with Gasteiger partial charge in [0, 0.05) is 19.2 Å². The van der Waals surface area contributed by atoms with Gasteiger partial charge in [0.05, 0.1) is 31.7 Å². The van der Waals surface area contributed by atoms with Crippen molar-refractivity contribution in [3.8, 4) is 0 Å². The molecule has 0 saturated carbocycles. The number of non-ortho nitro benzene ring substituents is 2. The lowest BCUT2D eigenvalue weighted by atomic mass is 10.1. The molecule has 0 unspecified atom stereocenters. The van der Waals surface area contributed by atoms with Crippen molar-refractivity contribution in [1.29, 1.82) is 0 Å². The number of hydrogen-bond acceptors (Lipinski definition) is 6. The first-order chi connectivity index (χ1) is 12.3. The molecule has 3 aromatic rings. The maximum Gasteiger partial charge on any atom is 0.280 e. The van der Waals surface area contributed by atoms with Crippen LogP contribution in [0.3, 0.4) is 0 Å². The predicted octanol–water partition coefficient (Wildman–Crippen LogP) is 2.94. The monoisotopic (exact) mass is 376 g/mol. The Bertz CT molecular complexity index is 1120. The summed E-state index contributed by atoms with van der Waals surface area (Å²) in [5.74, 6) is -1.39. The Morgan fingerprint density at radius 3 is 2.31 bits per heavy atom. The van der Waals surface area contributed by atoms with Crippen LogP contribution in [0.1, 0.15) is 10.4 Å². The molecular weight excluding hydrogens is 367 g/mol. The Hall–Kier alpha value is -3.47. The Morgan fingerprint density at radius 1 is 1.15 bits per heavy atom. The summed E-state index contributed by atoms with van der Waals surface area (Å²) in [6, 6.07) is 7.02. The number of nitro groups is 2. The number of para-hydroxylation sites is 1. The zero-order chi connectivity index (χ0) is 19.0. The summed E-state index contributed by atoms with van der Waals surface area (Å²) in [6.07, 6.45) is 0. The highest BCUT2D eigenvalue weighted by atomic mass is 32.1. The van der Waals surface area contributed by atoms with E-state index in [0.717, 1.165) is 29.5 Å². The number of fused-ring (bicyclic) bond motifs is 1. The summed E-state index contributed by atoms with van der Waals surface area (Å²) in [4.78, 5) is 36.5. The minimum atomic E-state index is -0.903. The highest BCUT2D eigenvalue weighted by Crippen LogP contribution is 2.23. The van der Waals surface area contributed by atoms with Gasteiger partial charge in [-0.05, 0) is 12.1 Å². The largest absolute Gasteiger partial charge is 0.317 e. The number of aromatic nitrogens is 1. The van der Waals surface area contributed by atoms with Crippen molar-refractivity contribution >= 4 is 38.8 Å². The van der Waals surface area contributed by atoms with Crippen molar-refractivity contribution in [2.75, 3.05) is 0 Å². The summed E-state index contributed by atoms with van der Waals surface area (Å²) in [6.45, 7) is 0. The van der Waals surface area contributed by atoms with E-state index >= 15 is 0 Å². The van der Waals surface area contributed by atoms with E-state index in [1.54, 1.807) is 6.07 Å². The summed E-state index contributed by atoms with van der Waals surface area (Å²) < 4.78 is 15.8. The SMILES string of the molecule is Cn1c(=NC(=O)c2cc([N+](=O)[O-])cc([N+](=O)[O-])c2)sc2cccc(F)c21. The standard InChI is InChI=1S/C15H9FN4O5S/c1-18-13-11(16)3-2-4-12(13)26-15(18)17-14(21)8-5-9(19(22)23)7-10(6-8)20(24)25/h2-7H,1H3. The van der Waals surface area contributed by atoms with Crippen LogP contribution in [0.15, 0.2) is 41.4 Å². The molecule has 1 heterocycles. The zero-order valence-electron chi connectivity index (χ0n) is 13.1. The molecule has 0 aliphatic rings. The maximum atomic E-state index is 13.9. The highest BCUT2D eigenvalue weighted by molar-refractivity contribution is 7.16. The van der Waals surface area contributed by atoms with Crippen molar-refractivity contribution in [3.05, 3.63) is 72.8 Å². The number of carbonyl (C=O) groups excluding carboxylic acids is 1. The lowest BCUT2D eigenvalue weighted by molar-refractivity contribution is -0.394.